The molecule has 3 nitrogen and oxygen atoms in total. The number of methoxy groups -OCH3 is 1. The zero-order chi connectivity index (χ0) is 11.3. The Balaban J connectivity index is 2.82. The van der Waals surface area contributed by atoms with Crippen molar-refractivity contribution in [3.05, 3.63) is 28.2 Å². The highest BCUT2D eigenvalue weighted by Crippen LogP contribution is 2.24. The van der Waals surface area contributed by atoms with Gasteiger partial charge in [-0.15, -0.1) is 0 Å². The second kappa shape index (κ2) is 6.10. The van der Waals surface area contributed by atoms with Crippen molar-refractivity contribution in [3.8, 4) is 5.75 Å². The molecule has 0 bridgehead atoms. The van der Waals surface area contributed by atoms with Crippen molar-refractivity contribution in [1.29, 1.82) is 0 Å². The molecular weight excluding hydrogens is 260 g/mol. The second-order valence-corrected chi connectivity index (χ2v) is 4.25. The van der Waals surface area contributed by atoms with Crippen LogP contribution in [0.3, 0.4) is 0 Å². The number of rotatable bonds is 5. The Morgan fingerprint density at radius 2 is 2.00 bits per heavy atom. The number of halogens is 1. The maximum Gasteiger partial charge on any atom is 0.119 e. The quantitative estimate of drug-likeness (QED) is 0.858. The first-order valence-corrected chi connectivity index (χ1v) is 5.54. The van der Waals surface area contributed by atoms with Crippen LogP contribution in [0, 0.1) is 5.92 Å². The van der Waals surface area contributed by atoms with Gasteiger partial charge in [-0.05, 0) is 30.2 Å². The molecule has 0 aliphatic heterocycles. The molecule has 0 saturated carbocycles. The van der Waals surface area contributed by atoms with E-state index in [0.29, 0.717) is 6.42 Å². The molecule has 0 saturated heterocycles. The van der Waals surface area contributed by atoms with Crippen molar-refractivity contribution in [3.63, 3.8) is 0 Å². The van der Waals surface area contributed by atoms with Gasteiger partial charge in [-0.3, -0.25) is 0 Å². The summed E-state index contributed by atoms with van der Waals surface area (Å²) in [6, 6.07) is 5.67. The van der Waals surface area contributed by atoms with Crippen LogP contribution in [-0.4, -0.2) is 30.5 Å². The van der Waals surface area contributed by atoms with Crippen molar-refractivity contribution in [2.24, 2.45) is 5.92 Å². The van der Waals surface area contributed by atoms with Crippen molar-refractivity contribution in [1.82, 2.24) is 0 Å². The first-order valence-electron chi connectivity index (χ1n) is 4.75. The average molecular weight is 275 g/mol. The Labute approximate surface area is 97.8 Å². The van der Waals surface area contributed by atoms with E-state index in [1.54, 1.807) is 7.11 Å². The van der Waals surface area contributed by atoms with E-state index < -0.39 is 0 Å². The van der Waals surface area contributed by atoms with Crippen LogP contribution in [-0.2, 0) is 6.42 Å². The molecule has 0 spiro atoms. The van der Waals surface area contributed by atoms with Gasteiger partial charge < -0.3 is 14.9 Å². The van der Waals surface area contributed by atoms with Crippen LogP contribution < -0.4 is 4.74 Å². The summed E-state index contributed by atoms with van der Waals surface area (Å²) in [5.74, 6) is 0.663. The molecule has 1 rings (SSSR count). The van der Waals surface area contributed by atoms with Gasteiger partial charge in [-0.2, -0.15) is 0 Å². The summed E-state index contributed by atoms with van der Waals surface area (Å²) in [7, 11) is 1.61. The van der Waals surface area contributed by atoms with E-state index in [4.69, 9.17) is 14.9 Å². The molecule has 2 N–H and O–H groups in total. The van der Waals surface area contributed by atoms with Gasteiger partial charge in [0.05, 0.1) is 7.11 Å². The predicted octanol–water partition coefficient (Wildman–Crippen LogP) is 1.60. The summed E-state index contributed by atoms with van der Waals surface area (Å²) in [4.78, 5) is 0. The van der Waals surface area contributed by atoms with Gasteiger partial charge in [-0.1, -0.05) is 15.9 Å². The van der Waals surface area contributed by atoms with E-state index in [1.165, 1.54) is 0 Å². The van der Waals surface area contributed by atoms with Gasteiger partial charge in [0.2, 0.25) is 0 Å². The maximum atomic E-state index is 9.00. The molecular formula is C11H15BrO3. The molecule has 0 radical (unpaired) electrons. The molecule has 1 aromatic rings. The van der Waals surface area contributed by atoms with Crippen LogP contribution in [0.2, 0.25) is 0 Å². The number of aliphatic hydroxyl groups is 2. The summed E-state index contributed by atoms with van der Waals surface area (Å²) in [6.07, 6.45) is 0.630. The van der Waals surface area contributed by atoms with Gasteiger partial charge in [0.25, 0.3) is 0 Å². The van der Waals surface area contributed by atoms with Crippen molar-refractivity contribution in [2.75, 3.05) is 20.3 Å². The van der Waals surface area contributed by atoms with Crippen LogP contribution in [0.4, 0.5) is 0 Å². The lowest BCUT2D eigenvalue weighted by molar-refractivity contribution is 0.150. The predicted molar refractivity (Wildman–Crippen MR) is 62.1 cm³/mol. The molecule has 4 heteroatoms. The third-order valence-corrected chi connectivity index (χ3v) is 3.05. The second-order valence-electron chi connectivity index (χ2n) is 3.39. The largest absolute Gasteiger partial charge is 0.497 e. The topological polar surface area (TPSA) is 49.7 Å². The van der Waals surface area contributed by atoms with Gasteiger partial charge >= 0.3 is 0 Å². The fourth-order valence-electron chi connectivity index (χ4n) is 1.33. The van der Waals surface area contributed by atoms with Crippen LogP contribution >= 0.6 is 15.9 Å². The highest BCUT2D eigenvalue weighted by Gasteiger charge is 2.10. The first-order chi connectivity index (χ1) is 7.21. The SMILES string of the molecule is COc1ccc(Br)c(CC(CO)CO)c1. The minimum Gasteiger partial charge on any atom is -0.497 e. The Morgan fingerprint density at radius 1 is 1.33 bits per heavy atom. The summed E-state index contributed by atoms with van der Waals surface area (Å²) >= 11 is 3.43. The van der Waals surface area contributed by atoms with Crippen LogP contribution in [0.25, 0.3) is 0 Å². The Kier molecular flexibility index (Phi) is 5.08. The van der Waals surface area contributed by atoms with Gasteiger partial charge in [0, 0.05) is 23.6 Å². The minimum atomic E-state index is -0.117. The summed E-state index contributed by atoms with van der Waals surface area (Å²) < 4.78 is 6.08. The molecule has 84 valence electrons. The van der Waals surface area contributed by atoms with Crippen molar-refractivity contribution < 1.29 is 14.9 Å². The minimum absolute atomic E-state index is 0.0137. The molecule has 0 aromatic heterocycles. The maximum absolute atomic E-state index is 9.00. The van der Waals surface area contributed by atoms with Crippen LogP contribution in [0.15, 0.2) is 22.7 Å². The standard InChI is InChI=1S/C11H15BrO3/c1-15-10-2-3-11(12)9(5-10)4-8(6-13)7-14/h2-3,5,8,13-14H,4,6-7H2,1H3. The van der Waals surface area contributed by atoms with Crippen molar-refractivity contribution in [2.45, 2.75) is 6.42 Å². The van der Waals surface area contributed by atoms with Crippen LogP contribution in [0.1, 0.15) is 5.56 Å². The number of aliphatic hydroxyl groups excluding tert-OH is 2. The third kappa shape index (κ3) is 3.48. The number of hydrogen-bond donors (Lipinski definition) is 2. The number of ether oxygens (including phenoxy) is 1. The fourth-order valence-corrected chi connectivity index (χ4v) is 1.74. The Morgan fingerprint density at radius 3 is 2.53 bits per heavy atom. The fraction of sp³-hybridized carbons (Fsp3) is 0.455. The Hall–Kier alpha value is -0.580. The monoisotopic (exact) mass is 274 g/mol. The van der Waals surface area contributed by atoms with Gasteiger partial charge in [0.1, 0.15) is 5.75 Å². The molecule has 0 aliphatic carbocycles. The van der Waals surface area contributed by atoms with E-state index in [0.717, 1.165) is 15.8 Å². The first kappa shape index (κ1) is 12.5. The number of hydrogen-bond acceptors (Lipinski definition) is 3. The zero-order valence-electron chi connectivity index (χ0n) is 8.61. The summed E-state index contributed by atoms with van der Waals surface area (Å²) in [6.45, 7) is -0.0275. The normalized spacial score (nSPS) is 10.7. The van der Waals surface area contributed by atoms with E-state index >= 15 is 0 Å². The molecule has 0 unspecified atom stereocenters. The van der Waals surface area contributed by atoms with Crippen LogP contribution in [0.5, 0.6) is 5.75 Å². The van der Waals surface area contributed by atoms with E-state index in [1.807, 2.05) is 18.2 Å². The molecule has 0 heterocycles. The van der Waals surface area contributed by atoms with E-state index in [-0.39, 0.29) is 19.1 Å². The molecule has 0 aliphatic rings. The molecule has 0 fully saturated rings. The van der Waals surface area contributed by atoms with E-state index in [2.05, 4.69) is 15.9 Å². The zero-order valence-corrected chi connectivity index (χ0v) is 10.2. The smallest absolute Gasteiger partial charge is 0.119 e. The highest BCUT2D eigenvalue weighted by atomic mass is 79.9. The van der Waals surface area contributed by atoms with E-state index in [9.17, 15) is 0 Å². The Bertz CT molecular complexity index is 311. The summed E-state index contributed by atoms with van der Waals surface area (Å²) in [5.41, 5.74) is 1.03. The third-order valence-electron chi connectivity index (χ3n) is 2.28. The molecule has 1 aromatic carbocycles. The lowest BCUT2D eigenvalue weighted by Gasteiger charge is -2.13. The summed E-state index contributed by atoms with van der Waals surface area (Å²) in [5, 5.41) is 18.0. The van der Waals surface area contributed by atoms with Gasteiger partial charge in [-0.25, -0.2) is 0 Å². The molecule has 0 atom stereocenters. The average Bonchev–Trinajstić information content (AvgIpc) is 2.28. The van der Waals surface area contributed by atoms with Gasteiger partial charge in [0.15, 0.2) is 0 Å². The van der Waals surface area contributed by atoms with Crippen molar-refractivity contribution >= 4 is 15.9 Å². The number of benzene rings is 1. The lowest BCUT2D eigenvalue weighted by atomic mass is 10.0. The molecule has 15 heavy (non-hydrogen) atoms. The molecule has 0 amide bonds. The highest BCUT2D eigenvalue weighted by molar-refractivity contribution is 9.10. The lowest BCUT2D eigenvalue weighted by Crippen LogP contribution is -2.14.